The van der Waals surface area contributed by atoms with Gasteiger partial charge in [-0.1, -0.05) is 37.5 Å². The number of alkyl halides is 3. The van der Waals surface area contributed by atoms with Crippen LogP contribution in [0.15, 0.2) is 48.5 Å². The van der Waals surface area contributed by atoms with Gasteiger partial charge in [0, 0.05) is 6.08 Å². The number of nitrogens with two attached hydrogens (primary N) is 1. The minimum absolute atomic E-state index is 0.0289. The zero-order valence-corrected chi connectivity index (χ0v) is 19.2. The molecule has 10 heteroatoms. The number of carboxylic acids is 1. The molecule has 0 bridgehead atoms. The Morgan fingerprint density at radius 1 is 1.06 bits per heavy atom. The molecule has 0 saturated heterocycles. The van der Waals surface area contributed by atoms with Crippen LogP contribution in [-0.4, -0.2) is 30.5 Å². The van der Waals surface area contributed by atoms with E-state index in [2.05, 4.69) is 4.74 Å². The number of benzene rings is 2. The summed E-state index contributed by atoms with van der Waals surface area (Å²) in [7, 11) is 1.47. The summed E-state index contributed by atoms with van der Waals surface area (Å²) < 4.78 is 51.1. The average Bonchev–Trinajstić information content (AvgIpc) is 2.82. The van der Waals surface area contributed by atoms with Crippen LogP contribution < -0.4 is 19.9 Å². The smallest absolute Gasteiger partial charge is 0.493 e. The molecule has 0 spiro atoms. The third kappa shape index (κ3) is 10.4. The number of primary amides is 1. The summed E-state index contributed by atoms with van der Waals surface area (Å²) in [6, 6.07) is 10.4. The summed E-state index contributed by atoms with van der Waals surface area (Å²) in [4.78, 5) is 21.1. The molecule has 0 radical (unpaired) electrons. The van der Waals surface area contributed by atoms with Gasteiger partial charge in [-0.05, 0) is 54.3 Å². The van der Waals surface area contributed by atoms with Crippen molar-refractivity contribution in [3.05, 3.63) is 59.7 Å². The highest BCUT2D eigenvalue weighted by atomic mass is 19.4. The maximum Gasteiger partial charge on any atom is 0.573 e. The van der Waals surface area contributed by atoms with E-state index >= 15 is 0 Å². The van der Waals surface area contributed by atoms with E-state index in [9.17, 15) is 22.8 Å². The number of amides is 1. The van der Waals surface area contributed by atoms with Crippen molar-refractivity contribution in [3.63, 3.8) is 0 Å². The normalized spacial score (nSPS) is 14.1. The number of hydrogen-bond donors (Lipinski definition) is 2. The molecule has 3 N–H and O–H groups in total. The van der Waals surface area contributed by atoms with Gasteiger partial charge in [0.1, 0.15) is 12.4 Å². The summed E-state index contributed by atoms with van der Waals surface area (Å²) in [6.45, 7) is 0.124. The number of ether oxygens (including phenoxy) is 3. The van der Waals surface area contributed by atoms with Gasteiger partial charge in [-0.2, -0.15) is 0 Å². The average molecular weight is 495 g/mol. The first-order valence-electron chi connectivity index (χ1n) is 10.9. The lowest BCUT2D eigenvalue weighted by Crippen LogP contribution is -2.17. The number of carbonyl (C=O) groups excluding carboxylic acids is 1. The molecule has 0 unspecified atom stereocenters. The summed E-state index contributed by atoms with van der Waals surface area (Å²) in [6.07, 6.45) is 3.27. The summed E-state index contributed by atoms with van der Waals surface area (Å²) in [5.41, 5.74) is 6.39. The molecule has 3 rings (SSSR count). The Morgan fingerprint density at radius 2 is 1.71 bits per heavy atom. The predicted molar refractivity (Wildman–Crippen MR) is 123 cm³/mol. The van der Waals surface area contributed by atoms with Crippen LogP contribution in [0.25, 0.3) is 6.08 Å². The third-order valence-electron chi connectivity index (χ3n) is 5.13. The first-order valence-corrected chi connectivity index (χ1v) is 10.9. The molecular weight excluding hydrogens is 467 g/mol. The van der Waals surface area contributed by atoms with E-state index in [0.29, 0.717) is 22.6 Å². The predicted octanol–water partition coefficient (Wildman–Crippen LogP) is 5.32. The number of carboxylic acid groups (broad SMARTS) is 1. The molecular formula is C25H28F3NO6. The lowest BCUT2D eigenvalue weighted by molar-refractivity contribution is -0.274. The fourth-order valence-electron chi connectivity index (χ4n) is 3.38. The van der Waals surface area contributed by atoms with Gasteiger partial charge in [0.2, 0.25) is 5.91 Å². The van der Waals surface area contributed by atoms with Crippen LogP contribution in [0.5, 0.6) is 17.2 Å². The molecule has 0 aliphatic heterocycles. The molecule has 1 aliphatic rings. The molecule has 7 nitrogen and oxygen atoms in total. The highest BCUT2D eigenvalue weighted by molar-refractivity contribution is 5.90. The molecule has 2 aromatic rings. The van der Waals surface area contributed by atoms with Crippen molar-refractivity contribution in [3.8, 4) is 17.2 Å². The Balaban J connectivity index is 0.000000402. The standard InChI is InChI=1S/C18H16F3NO4.C7H12O2/c1-24-16-10-12(5-9-17(22)23)4-8-15(16)25-11-13-2-6-14(7-3-13)26-18(19,20)21;8-7(9)6-4-2-1-3-5-6/h2-10H,11H2,1H3,(H2,22,23);6H,1-5H2,(H,8,9)/b9-5+;. The first-order chi connectivity index (χ1) is 16.6. The van der Waals surface area contributed by atoms with E-state index in [1.807, 2.05) is 0 Å². The van der Waals surface area contributed by atoms with Gasteiger partial charge >= 0.3 is 12.3 Å². The summed E-state index contributed by atoms with van der Waals surface area (Å²) in [5, 5.41) is 8.54. The number of aliphatic carboxylic acids is 1. The molecule has 0 aromatic heterocycles. The van der Waals surface area contributed by atoms with Gasteiger partial charge in [0.25, 0.3) is 0 Å². The van der Waals surface area contributed by atoms with Crippen molar-refractivity contribution in [2.45, 2.75) is 45.1 Å². The van der Waals surface area contributed by atoms with Crippen LogP contribution in [0, 0.1) is 5.92 Å². The van der Waals surface area contributed by atoms with Crippen molar-refractivity contribution < 1.29 is 42.1 Å². The van der Waals surface area contributed by atoms with Crippen molar-refractivity contribution in [1.82, 2.24) is 0 Å². The van der Waals surface area contributed by atoms with E-state index in [0.717, 1.165) is 25.7 Å². The van der Waals surface area contributed by atoms with Crippen LogP contribution in [0.1, 0.15) is 43.2 Å². The summed E-state index contributed by atoms with van der Waals surface area (Å²) >= 11 is 0. The monoisotopic (exact) mass is 495 g/mol. The Kier molecular flexibility index (Phi) is 10.4. The molecule has 190 valence electrons. The van der Waals surface area contributed by atoms with Gasteiger partial charge in [-0.15, -0.1) is 13.2 Å². The van der Waals surface area contributed by atoms with Crippen LogP contribution in [-0.2, 0) is 16.2 Å². The summed E-state index contributed by atoms with van der Waals surface area (Å²) in [5.74, 6) is -0.617. The number of methoxy groups -OCH3 is 1. The van der Waals surface area contributed by atoms with E-state index in [1.165, 1.54) is 49.9 Å². The molecule has 1 saturated carbocycles. The topological polar surface area (TPSA) is 108 Å². The van der Waals surface area contributed by atoms with Gasteiger partial charge in [0.15, 0.2) is 11.5 Å². The second-order valence-corrected chi connectivity index (χ2v) is 7.80. The largest absolute Gasteiger partial charge is 0.573 e. The maximum absolute atomic E-state index is 12.1. The van der Waals surface area contributed by atoms with Crippen molar-refractivity contribution in [2.24, 2.45) is 11.7 Å². The fourth-order valence-corrected chi connectivity index (χ4v) is 3.38. The number of carbonyl (C=O) groups is 2. The second kappa shape index (κ2) is 13.3. The molecule has 1 amide bonds. The zero-order valence-electron chi connectivity index (χ0n) is 19.2. The van der Waals surface area contributed by atoms with Crippen LogP contribution in [0.2, 0.25) is 0 Å². The highest BCUT2D eigenvalue weighted by Crippen LogP contribution is 2.30. The van der Waals surface area contributed by atoms with Crippen molar-refractivity contribution in [1.29, 1.82) is 0 Å². The molecule has 0 atom stereocenters. The fraction of sp³-hybridized carbons (Fsp3) is 0.360. The first kappa shape index (κ1) is 27.6. The molecule has 1 aliphatic carbocycles. The minimum Gasteiger partial charge on any atom is -0.493 e. The highest BCUT2D eigenvalue weighted by Gasteiger charge is 2.30. The van der Waals surface area contributed by atoms with E-state index in [1.54, 1.807) is 18.2 Å². The Bertz CT molecular complexity index is 999. The van der Waals surface area contributed by atoms with E-state index in [4.69, 9.17) is 20.3 Å². The molecule has 35 heavy (non-hydrogen) atoms. The van der Waals surface area contributed by atoms with Gasteiger partial charge < -0.3 is 25.1 Å². The molecule has 2 aromatic carbocycles. The zero-order chi connectivity index (χ0) is 25.8. The Morgan fingerprint density at radius 3 is 2.23 bits per heavy atom. The van der Waals surface area contributed by atoms with Gasteiger partial charge in [-0.3, -0.25) is 9.59 Å². The Labute approximate surface area is 201 Å². The third-order valence-corrected chi connectivity index (χ3v) is 5.13. The van der Waals surface area contributed by atoms with Gasteiger partial charge in [-0.25, -0.2) is 0 Å². The van der Waals surface area contributed by atoms with Gasteiger partial charge in [0.05, 0.1) is 13.0 Å². The number of hydrogen-bond acceptors (Lipinski definition) is 5. The number of halogens is 3. The minimum atomic E-state index is -4.73. The van der Waals surface area contributed by atoms with Crippen molar-refractivity contribution >= 4 is 18.0 Å². The number of rotatable bonds is 8. The lowest BCUT2D eigenvalue weighted by Gasteiger charge is -2.16. The molecule has 0 heterocycles. The van der Waals surface area contributed by atoms with Crippen molar-refractivity contribution in [2.75, 3.05) is 7.11 Å². The van der Waals surface area contributed by atoms with Crippen LogP contribution in [0.3, 0.4) is 0 Å². The van der Waals surface area contributed by atoms with E-state index in [-0.39, 0.29) is 18.3 Å². The van der Waals surface area contributed by atoms with E-state index < -0.39 is 18.2 Å². The van der Waals surface area contributed by atoms with Crippen LogP contribution in [0.4, 0.5) is 13.2 Å². The lowest BCUT2D eigenvalue weighted by atomic mass is 9.90. The second-order valence-electron chi connectivity index (χ2n) is 7.80. The van der Waals surface area contributed by atoms with Crippen LogP contribution >= 0.6 is 0 Å². The molecule has 1 fully saturated rings. The maximum atomic E-state index is 12.1. The SMILES string of the molecule is COc1cc(/C=C/C(N)=O)ccc1OCc1ccc(OC(F)(F)F)cc1.O=C(O)C1CCCCC1. The quantitative estimate of drug-likeness (QED) is 0.480. The Hall–Kier alpha value is -3.69.